The number of nitrogens with zero attached hydrogens (tertiary/aromatic N) is 1. The van der Waals surface area contributed by atoms with E-state index in [0.717, 1.165) is 31.2 Å². The van der Waals surface area contributed by atoms with Crippen LogP contribution in [0.4, 0.5) is 5.82 Å². The molecule has 1 aliphatic heterocycles. The molecule has 1 aliphatic carbocycles. The van der Waals surface area contributed by atoms with Crippen molar-refractivity contribution in [2.24, 2.45) is 0 Å². The molecular formula is C20H23N3O4. The number of aromatic amines is 1. The van der Waals surface area contributed by atoms with E-state index >= 15 is 0 Å². The quantitative estimate of drug-likeness (QED) is 0.722. The summed E-state index contributed by atoms with van der Waals surface area (Å²) < 4.78 is 1.86. The molecule has 2 aliphatic rings. The molecule has 1 saturated carbocycles. The van der Waals surface area contributed by atoms with Gasteiger partial charge in [-0.05, 0) is 30.5 Å². The number of anilines is 1. The maximum atomic E-state index is 12.8. The van der Waals surface area contributed by atoms with Gasteiger partial charge in [0.05, 0.1) is 17.2 Å². The van der Waals surface area contributed by atoms with Crippen molar-refractivity contribution < 1.29 is 14.7 Å². The van der Waals surface area contributed by atoms with Crippen molar-refractivity contribution in [2.75, 3.05) is 5.32 Å². The van der Waals surface area contributed by atoms with Crippen LogP contribution in [-0.2, 0) is 4.79 Å². The van der Waals surface area contributed by atoms with Gasteiger partial charge in [0.25, 0.3) is 5.56 Å². The summed E-state index contributed by atoms with van der Waals surface area (Å²) in [5, 5.41) is 14.9. The number of benzene rings is 1. The van der Waals surface area contributed by atoms with Crippen molar-refractivity contribution in [3.63, 3.8) is 0 Å². The predicted molar refractivity (Wildman–Crippen MR) is 100 cm³/mol. The summed E-state index contributed by atoms with van der Waals surface area (Å²) in [6.45, 7) is 0. The first-order valence-corrected chi connectivity index (χ1v) is 9.52. The van der Waals surface area contributed by atoms with Gasteiger partial charge in [-0.1, -0.05) is 37.8 Å². The standard InChI is InChI=1S/C20H23N3O4/c24-16-11-15(12-7-9-13(10-8-12)20(26)27)17-18(21-16)23(22-19(17)25)14-5-3-1-2-4-6-14/h7-10,14-15H,1-6,11H2,(H,21,24)(H,22,25)(H,26,27)/t15-/m1/s1. The number of hydrogen-bond donors (Lipinski definition) is 3. The SMILES string of the molecule is O=C1C[C@H](c2ccc(C(=O)O)cc2)c2c(n(C3CCCCCC3)[nH]c2=O)N1. The summed E-state index contributed by atoms with van der Waals surface area (Å²) in [6, 6.07) is 6.61. The minimum absolute atomic E-state index is 0.129. The van der Waals surface area contributed by atoms with Crippen LogP contribution in [0.1, 0.15) is 78.4 Å². The van der Waals surface area contributed by atoms with Crippen LogP contribution < -0.4 is 10.9 Å². The number of carboxylic acid groups (broad SMARTS) is 1. The predicted octanol–water partition coefficient (Wildman–Crippen LogP) is 3.24. The second-order valence-electron chi connectivity index (χ2n) is 7.45. The lowest BCUT2D eigenvalue weighted by Crippen LogP contribution is -2.27. The van der Waals surface area contributed by atoms with Crippen molar-refractivity contribution in [1.82, 2.24) is 9.78 Å². The summed E-state index contributed by atoms with van der Waals surface area (Å²) in [4.78, 5) is 36.2. The van der Waals surface area contributed by atoms with E-state index in [-0.39, 0.29) is 35.4 Å². The molecule has 4 rings (SSSR count). The first kappa shape index (κ1) is 17.6. The summed E-state index contributed by atoms with van der Waals surface area (Å²) in [6.07, 6.45) is 6.80. The van der Waals surface area contributed by atoms with Crippen LogP contribution >= 0.6 is 0 Å². The van der Waals surface area contributed by atoms with E-state index in [9.17, 15) is 14.4 Å². The molecule has 1 amide bonds. The molecule has 1 fully saturated rings. The number of rotatable bonds is 3. The fourth-order valence-electron chi connectivity index (χ4n) is 4.32. The van der Waals surface area contributed by atoms with Crippen LogP contribution in [0, 0.1) is 0 Å². The summed E-state index contributed by atoms with van der Waals surface area (Å²) >= 11 is 0. The number of amides is 1. The Morgan fingerprint density at radius 1 is 1.04 bits per heavy atom. The van der Waals surface area contributed by atoms with Crippen LogP contribution in [0.2, 0.25) is 0 Å². The number of carbonyl (C=O) groups is 2. The van der Waals surface area contributed by atoms with Crippen molar-refractivity contribution in [3.05, 3.63) is 51.3 Å². The molecular weight excluding hydrogens is 346 g/mol. The smallest absolute Gasteiger partial charge is 0.335 e. The van der Waals surface area contributed by atoms with Gasteiger partial charge in [-0.3, -0.25) is 19.4 Å². The molecule has 7 nitrogen and oxygen atoms in total. The average molecular weight is 369 g/mol. The Morgan fingerprint density at radius 2 is 1.70 bits per heavy atom. The van der Waals surface area contributed by atoms with E-state index in [2.05, 4.69) is 10.4 Å². The van der Waals surface area contributed by atoms with Gasteiger partial charge >= 0.3 is 5.97 Å². The van der Waals surface area contributed by atoms with Crippen LogP contribution in [0.25, 0.3) is 0 Å². The first-order valence-electron chi connectivity index (χ1n) is 9.52. The molecule has 0 saturated heterocycles. The van der Waals surface area contributed by atoms with Gasteiger partial charge in [-0.25, -0.2) is 4.79 Å². The summed E-state index contributed by atoms with van der Waals surface area (Å²) in [5.74, 6) is -0.917. The van der Waals surface area contributed by atoms with Crippen molar-refractivity contribution in [2.45, 2.75) is 56.9 Å². The van der Waals surface area contributed by atoms with E-state index in [1.54, 1.807) is 12.1 Å². The maximum absolute atomic E-state index is 12.8. The highest BCUT2D eigenvalue weighted by atomic mass is 16.4. The number of fused-ring (bicyclic) bond motifs is 1. The second kappa shape index (κ2) is 7.06. The largest absolute Gasteiger partial charge is 0.478 e. The number of aromatic carboxylic acids is 1. The average Bonchev–Trinajstić information content (AvgIpc) is 2.84. The lowest BCUT2D eigenvalue weighted by Gasteiger charge is -2.26. The van der Waals surface area contributed by atoms with Gasteiger partial charge in [0.15, 0.2) is 0 Å². The lowest BCUT2D eigenvalue weighted by molar-refractivity contribution is -0.116. The van der Waals surface area contributed by atoms with E-state index in [0.29, 0.717) is 11.4 Å². The van der Waals surface area contributed by atoms with E-state index < -0.39 is 5.97 Å². The molecule has 0 unspecified atom stereocenters. The molecule has 0 spiro atoms. The van der Waals surface area contributed by atoms with E-state index in [1.165, 1.54) is 25.0 Å². The molecule has 1 aromatic carbocycles. The lowest BCUT2D eigenvalue weighted by atomic mass is 9.86. The number of hydrogen-bond acceptors (Lipinski definition) is 3. The molecule has 0 bridgehead atoms. The van der Waals surface area contributed by atoms with Gasteiger partial charge in [-0.15, -0.1) is 0 Å². The highest BCUT2D eigenvalue weighted by Gasteiger charge is 2.34. The van der Waals surface area contributed by atoms with Crippen LogP contribution in [0.5, 0.6) is 0 Å². The Hall–Kier alpha value is -2.83. The molecule has 142 valence electrons. The number of H-pyrrole nitrogens is 1. The zero-order valence-corrected chi connectivity index (χ0v) is 15.0. The number of nitrogens with one attached hydrogen (secondary N) is 2. The van der Waals surface area contributed by atoms with Gasteiger partial charge in [0, 0.05) is 12.3 Å². The van der Waals surface area contributed by atoms with Crippen molar-refractivity contribution >= 4 is 17.7 Å². The third-order valence-corrected chi connectivity index (χ3v) is 5.71. The summed E-state index contributed by atoms with van der Waals surface area (Å²) in [5.41, 5.74) is 1.35. The minimum Gasteiger partial charge on any atom is -0.478 e. The molecule has 27 heavy (non-hydrogen) atoms. The number of carbonyl (C=O) groups excluding carboxylic acids is 1. The molecule has 2 aromatic rings. The third-order valence-electron chi connectivity index (χ3n) is 5.71. The van der Waals surface area contributed by atoms with Gasteiger partial charge in [-0.2, -0.15) is 0 Å². The summed E-state index contributed by atoms with van der Waals surface area (Å²) in [7, 11) is 0. The van der Waals surface area contributed by atoms with Crippen LogP contribution in [0.15, 0.2) is 29.1 Å². The van der Waals surface area contributed by atoms with Gasteiger partial charge in [0.2, 0.25) is 5.91 Å². The molecule has 2 heterocycles. The topological polar surface area (TPSA) is 104 Å². The van der Waals surface area contributed by atoms with Gasteiger partial charge in [0.1, 0.15) is 5.82 Å². The normalized spacial score (nSPS) is 20.6. The Kier molecular flexibility index (Phi) is 4.59. The zero-order valence-electron chi connectivity index (χ0n) is 15.0. The number of aromatic nitrogens is 2. The third kappa shape index (κ3) is 3.29. The molecule has 1 atom stereocenters. The molecule has 0 radical (unpaired) electrons. The Labute approximate surface area is 156 Å². The Morgan fingerprint density at radius 3 is 2.33 bits per heavy atom. The monoisotopic (exact) mass is 369 g/mol. The maximum Gasteiger partial charge on any atom is 0.335 e. The second-order valence-corrected chi connectivity index (χ2v) is 7.45. The molecule has 1 aromatic heterocycles. The highest BCUT2D eigenvalue weighted by molar-refractivity contribution is 5.94. The fourth-order valence-corrected chi connectivity index (χ4v) is 4.32. The van der Waals surface area contributed by atoms with Gasteiger partial charge < -0.3 is 10.4 Å². The van der Waals surface area contributed by atoms with Crippen LogP contribution in [0.3, 0.4) is 0 Å². The number of carboxylic acids is 1. The van der Waals surface area contributed by atoms with E-state index in [4.69, 9.17) is 5.11 Å². The first-order chi connectivity index (χ1) is 13.0. The van der Waals surface area contributed by atoms with E-state index in [1.807, 2.05) is 4.68 Å². The Balaban J connectivity index is 1.74. The molecule has 3 N–H and O–H groups in total. The van der Waals surface area contributed by atoms with Crippen LogP contribution in [-0.4, -0.2) is 26.8 Å². The highest BCUT2D eigenvalue weighted by Crippen LogP contribution is 2.38. The zero-order chi connectivity index (χ0) is 19.0. The molecule has 7 heteroatoms. The Bertz CT molecular complexity index is 918. The van der Waals surface area contributed by atoms with Crippen molar-refractivity contribution in [3.8, 4) is 0 Å². The van der Waals surface area contributed by atoms with Crippen molar-refractivity contribution in [1.29, 1.82) is 0 Å². The fraction of sp³-hybridized carbons (Fsp3) is 0.450. The minimum atomic E-state index is -0.999.